The number of carbonyl (C=O) groups excluding carboxylic acids is 2. The molecule has 0 spiro atoms. The molecule has 2 N–H and O–H groups in total. The first-order valence-electron chi connectivity index (χ1n) is 7.97. The van der Waals surface area contributed by atoms with Crippen molar-refractivity contribution in [3.05, 3.63) is 59.7 Å². The Morgan fingerprint density at radius 3 is 2.24 bits per heavy atom. The monoisotopic (exact) mass is 341 g/mol. The molecular weight excluding hydrogens is 318 g/mol. The summed E-state index contributed by atoms with van der Waals surface area (Å²) < 4.78 is 5.09. The van der Waals surface area contributed by atoms with Crippen molar-refractivity contribution in [1.29, 1.82) is 0 Å². The van der Waals surface area contributed by atoms with Crippen LogP contribution in [0.25, 0.3) is 0 Å². The Morgan fingerprint density at radius 2 is 1.64 bits per heavy atom. The fraction of sp³-hybridized carbons (Fsp3) is 0.263. The number of hydrogen-bond donors (Lipinski definition) is 2. The summed E-state index contributed by atoms with van der Waals surface area (Å²) >= 11 is 0. The van der Waals surface area contributed by atoms with Crippen molar-refractivity contribution in [3.8, 4) is 5.75 Å². The number of ether oxygens (including phenoxy) is 1. The zero-order valence-electron chi connectivity index (χ0n) is 14.7. The van der Waals surface area contributed by atoms with E-state index in [1.54, 1.807) is 38.4 Å². The first-order chi connectivity index (χ1) is 12.0. The number of nitrogens with zero attached hydrogens (tertiary/aromatic N) is 1. The van der Waals surface area contributed by atoms with Gasteiger partial charge in [-0.15, -0.1) is 0 Å². The molecule has 0 saturated heterocycles. The van der Waals surface area contributed by atoms with E-state index in [2.05, 4.69) is 10.6 Å². The fourth-order valence-corrected chi connectivity index (χ4v) is 2.18. The molecular formula is C19H23N3O3. The lowest BCUT2D eigenvalue weighted by atomic mass is 10.1. The van der Waals surface area contributed by atoms with Crippen LogP contribution in [0.2, 0.25) is 0 Å². The zero-order chi connectivity index (χ0) is 18.2. The molecule has 2 aromatic rings. The van der Waals surface area contributed by atoms with Crippen molar-refractivity contribution in [2.24, 2.45) is 0 Å². The minimum absolute atomic E-state index is 0.0811. The molecule has 0 heterocycles. The third-order valence-corrected chi connectivity index (χ3v) is 3.81. The van der Waals surface area contributed by atoms with E-state index in [4.69, 9.17) is 4.74 Å². The molecule has 132 valence electrons. The van der Waals surface area contributed by atoms with Crippen LogP contribution in [0.4, 0.5) is 10.5 Å². The van der Waals surface area contributed by atoms with E-state index in [0.29, 0.717) is 6.54 Å². The number of benzene rings is 2. The van der Waals surface area contributed by atoms with E-state index in [1.165, 1.54) is 10.5 Å². The van der Waals surface area contributed by atoms with E-state index in [0.717, 1.165) is 17.0 Å². The largest absolute Gasteiger partial charge is 0.497 e. The number of carbonyl (C=O) groups is 2. The van der Waals surface area contributed by atoms with E-state index in [9.17, 15) is 9.59 Å². The molecule has 0 unspecified atom stereocenters. The van der Waals surface area contributed by atoms with Gasteiger partial charge in [-0.05, 0) is 36.8 Å². The standard InChI is InChI=1S/C19H23N3O3/c1-14-4-6-15(7-5-14)12-20-19(24)21-13-18(23)22(2)16-8-10-17(25-3)11-9-16/h4-11H,12-13H2,1-3H3,(H2,20,21,24). The molecule has 6 heteroatoms. The molecule has 0 atom stereocenters. The molecule has 0 radical (unpaired) electrons. The maximum atomic E-state index is 12.2. The summed E-state index contributed by atoms with van der Waals surface area (Å²) in [6, 6.07) is 14.6. The SMILES string of the molecule is COc1ccc(N(C)C(=O)CNC(=O)NCc2ccc(C)cc2)cc1. The summed E-state index contributed by atoms with van der Waals surface area (Å²) in [6.07, 6.45) is 0. The van der Waals surface area contributed by atoms with Gasteiger partial charge in [-0.1, -0.05) is 29.8 Å². The van der Waals surface area contributed by atoms with Gasteiger partial charge in [0.1, 0.15) is 5.75 Å². The molecule has 25 heavy (non-hydrogen) atoms. The number of likely N-dealkylation sites (N-methyl/N-ethyl adjacent to an activating group) is 1. The number of methoxy groups -OCH3 is 1. The molecule has 0 aliphatic carbocycles. The lowest BCUT2D eigenvalue weighted by Crippen LogP contribution is -2.42. The highest BCUT2D eigenvalue weighted by molar-refractivity contribution is 5.96. The first-order valence-corrected chi connectivity index (χ1v) is 7.97. The number of nitrogens with one attached hydrogen (secondary N) is 2. The van der Waals surface area contributed by atoms with Gasteiger partial charge < -0.3 is 20.3 Å². The quantitative estimate of drug-likeness (QED) is 0.848. The topological polar surface area (TPSA) is 70.7 Å². The highest BCUT2D eigenvalue weighted by Crippen LogP contribution is 2.17. The van der Waals surface area contributed by atoms with Crippen LogP contribution in [-0.4, -0.2) is 32.6 Å². The summed E-state index contributed by atoms with van der Waals surface area (Å²) in [4.78, 5) is 25.5. The van der Waals surface area contributed by atoms with Crippen LogP contribution in [0.1, 0.15) is 11.1 Å². The van der Waals surface area contributed by atoms with Crippen molar-refractivity contribution in [2.75, 3.05) is 25.6 Å². The molecule has 0 aliphatic rings. The third-order valence-electron chi connectivity index (χ3n) is 3.81. The van der Waals surface area contributed by atoms with Gasteiger partial charge in [0.15, 0.2) is 0 Å². The van der Waals surface area contributed by atoms with Crippen LogP contribution in [0.15, 0.2) is 48.5 Å². The Morgan fingerprint density at radius 1 is 1.00 bits per heavy atom. The average molecular weight is 341 g/mol. The second-order valence-electron chi connectivity index (χ2n) is 5.67. The molecule has 0 aliphatic heterocycles. The van der Waals surface area contributed by atoms with Gasteiger partial charge in [0.05, 0.1) is 13.7 Å². The number of rotatable bonds is 6. The number of urea groups is 1. The van der Waals surface area contributed by atoms with Crippen LogP contribution in [0, 0.1) is 6.92 Å². The van der Waals surface area contributed by atoms with Crippen LogP contribution in [0.5, 0.6) is 5.75 Å². The van der Waals surface area contributed by atoms with Crippen molar-refractivity contribution in [2.45, 2.75) is 13.5 Å². The van der Waals surface area contributed by atoms with Gasteiger partial charge in [-0.25, -0.2) is 4.79 Å². The molecule has 0 fully saturated rings. The number of aryl methyl sites for hydroxylation is 1. The minimum Gasteiger partial charge on any atom is -0.497 e. The summed E-state index contributed by atoms with van der Waals surface area (Å²) in [5.41, 5.74) is 2.90. The Kier molecular flexibility index (Phi) is 6.39. The van der Waals surface area contributed by atoms with Crippen molar-refractivity contribution >= 4 is 17.6 Å². The van der Waals surface area contributed by atoms with Gasteiger partial charge in [-0.2, -0.15) is 0 Å². The maximum absolute atomic E-state index is 12.2. The molecule has 6 nitrogen and oxygen atoms in total. The normalized spacial score (nSPS) is 10.0. The predicted octanol–water partition coefficient (Wildman–Crippen LogP) is 2.47. The summed E-state index contributed by atoms with van der Waals surface area (Å²) in [6.45, 7) is 2.34. The fourth-order valence-electron chi connectivity index (χ4n) is 2.18. The van der Waals surface area contributed by atoms with Crippen LogP contribution >= 0.6 is 0 Å². The van der Waals surface area contributed by atoms with Gasteiger partial charge >= 0.3 is 6.03 Å². The predicted molar refractivity (Wildman–Crippen MR) is 97.8 cm³/mol. The smallest absolute Gasteiger partial charge is 0.315 e. The molecule has 0 aromatic heterocycles. The third kappa shape index (κ3) is 5.53. The zero-order valence-corrected chi connectivity index (χ0v) is 14.7. The van der Waals surface area contributed by atoms with Crippen LogP contribution in [-0.2, 0) is 11.3 Å². The highest BCUT2D eigenvalue weighted by atomic mass is 16.5. The molecule has 0 saturated carbocycles. The van der Waals surface area contributed by atoms with Crippen molar-refractivity contribution in [3.63, 3.8) is 0 Å². The van der Waals surface area contributed by atoms with Gasteiger partial charge in [0.25, 0.3) is 0 Å². The molecule has 2 aromatic carbocycles. The molecule has 3 amide bonds. The Hall–Kier alpha value is -3.02. The Bertz CT molecular complexity index is 712. The van der Waals surface area contributed by atoms with Crippen molar-refractivity contribution < 1.29 is 14.3 Å². The number of amides is 3. The van der Waals surface area contributed by atoms with Gasteiger partial charge in [-0.3, -0.25) is 4.79 Å². The summed E-state index contributed by atoms with van der Waals surface area (Å²) in [7, 11) is 3.25. The Balaban J connectivity index is 1.77. The first kappa shape index (κ1) is 18.3. The second-order valence-corrected chi connectivity index (χ2v) is 5.67. The molecule has 0 bridgehead atoms. The van der Waals surface area contributed by atoms with E-state index in [1.807, 2.05) is 31.2 Å². The number of hydrogen-bond acceptors (Lipinski definition) is 3. The van der Waals surface area contributed by atoms with Gasteiger partial charge in [0, 0.05) is 19.3 Å². The second kappa shape index (κ2) is 8.73. The molecule has 2 rings (SSSR count). The summed E-state index contributed by atoms with van der Waals surface area (Å²) in [5.74, 6) is 0.508. The van der Waals surface area contributed by atoms with E-state index in [-0.39, 0.29) is 18.5 Å². The van der Waals surface area contributed by atoms with Crippen LogP contribution < -0.4 is 20.3 Å². The van der Waals surface area contributed by atoms with Gasteiger partial charge in [0.2, 0.25) is 5.91 Å². The minimum atomic E-state index is -0.378. The summed E-state index contributed by atoms with van der Waals surface area (Å²) in [5, 5.41) is 5.30. The highest BCUT2D eigenvalue weighted by Gasteiger charge is 2.12. The maximum Gasteiger partial charge on any atom is 0.315 e. The lowest BCUT2D eigenvalue weighted by Gasteiger charge is -2.18. The average Bonchev–Trinajstić information content (AvgIpc) is 2.65. The van der Waals surface area contributed by atoms with E-state index < -0.39 is 0 Å². The van der Waals surface area contributed by atoms with E-state index >= 15 is 0 Å². The lowest BCUT2D eigenvalue weighted by molar-refractivity contribution is -0.117. The Labute approximate surface area is 147 Å². The van der Waals surface area contributed by atoms with Crippen molar-refractivity contribution in [1.82, 2.24) is 10.6 Å². The van der Waals surface area contributed by atoms with Crippen LogP contribution in [0.3, 0.4) is 0 Å². The number of anilines is 1.